The Morgan fingerprint density at radius 1 is 1.25 bits per heavy atom. The van der Waals surface area contributed by atoms with Gasteiger partial charge in [0.05, 0.1) is 11.4 Å². The molecule has 2 rings (SSSR count). The highest BCUT2D eigenvalue weighted by molar-refractivity contribution is 7.93. The molecule has 0 saturated carbocycles. The van der Waals surface area contributed by atoms with Crippen molar-refractivity contribution in [2.75, 3.05) is 23.7 Å². The first-order valence-electron chi connectivity index (χ1n) is 8.60. The second kappa shape index (κ2) is 7.13. The predicted octanol–water partition coefficient (Wildman–Crippen LogP) is 3.22. The zero-order chi connectivity index (χ0) is 18.1. The number of hydrogen-bond acceptors (Lipinski definition) is 3. The summed E-state index contributed by atoms with van der Waals surface area (Å²) in [6, 6.07) is 5.64. The van der Waals surface area contributed by atoms with Gasteiger partial charge in [-0.15, -0.1) is 0 Å². The van der Waals surface area contributed by atoms with Crippen LogP contribution in [0, 0.1) is 0 Å². The number of rotatable bonds is 5. The van der Waals surface area contributed by atoms with Crippen molar-refractivity contribution in [2.45, 2.75) is 52.5 Å². The van der Waals surface area contributed by atoms with Crippen molar-refractivity contribution in [1.82, 2.24) is 4.90 Å². The maximum atomic E-state index is 12.8. The van der Waals surface area contributed by atoms with Crippen LogP contribution in [0.5, 0.6) is 0 Å². The number of hydrogen-bond donors (Lipinski definition) is 0. The van der Waals surface area contributed by atoms with E-state index in [1.54, 1.807) is 18.0 Å². The fourth-order valence-electron chi connectivity index (χ4n) is 2.84. The van der Waals surface area contributed by atoms with E-state index in [-0.39, 0.29) is 23.6 Å². The molecule has 0 N–H and O–H groups in total. The average Bonchev–Trinajstić information content (AvgIpc) is 2.91. The summed E-state index contributed by atoms with van der Waals surface area (Å²) in [5.41, 5.74) is 2.15. The minimum Gasteiger partial charge on any atom is -0.339 e. The molecule has 1 saturated heterocycles. The largest absolute Gasteiger partial charge is 0.339 e. The Balaban J connectivity index is 2.47. The standard InChI is InChI=1S/C18H28N2O3S/c1-6-14(4)19(5)18(21)16-10-15(13(2)3)11-17(12-16)20-8-7-9-24(20,22)23/h10-14H,6-9H2,1-5H3. The van der Waals surface area contributed by atoms with Crippen molar-refractivity contribution in [2.24, 2.45) is 0 Å². The number of amides is 1. The van der Waals surface area contributed by atoms with Crippen LogP contribution in [0.25, 0.3) is 0 Å². The molecule has 24 heavy (non-hydrogen) atoms. The molecule has 1 heterocycles. The highest BCUT2D eigenvalue weighted by Crippen LogP contribution is 2.29. The first-order valence-corrected chi connectivity index (χ1v) is 10.2. The minimum atomic E-state index is -3.26. The average molecular weight is 353 g/mol. The van der Waals surface area contributed by atoms with Gasteiger partial charge in [-0.2, -0.15) is 0 Å². The van der Waals surface area contributed by atoms with Crippen molar-refractivity contribution in [3.05, 3.63) is 29.3 Å². The van der Waals surface area contributed by atoms with E-state index in [2.05, 4.69) is 0 Å². The van der Waals surface area contributed by atoms with Crippen LogP contribution in [0.2, 0.25) is 0 Å². The molecule has 0 radical (unpaired) electrons. The molecule has 5 nitrogen and oxygen atoms in total. The monoisotopic (exact) mass is 352 g/mol. The van der Waals surface area contributed by atoms with Crippen molar-refractivity contribution in [3.63, 3.8) is 0 Å². The summed E-state index contributed by atoms with van der Waals surface area (Å²) >= 11 is 0. The smallest absolute Gasteiger partial charge is 0.253 e. The quantitative estimate of drug-likeness (QED) is 0.817. The summed E-state index contributed by atoms with van der Waals surface area (Å²) in [4.78, 5) is 14.5. The van der Waals surface area contributed by atoms with Crippen molar-refractivity contribution < 1.29 is 13.2 Å². The Kier molecular flexibility index (Phi) is 5.58. The zero-order valence-electron chi connectivity index (χ0n) is 15.2. The van der Waals surface area contributed by atoms with Gasteiger partial charge in [0.25, 0.3) is 5.91 Å². The number of anilines is 1. The Morgan fingerprint density at radius 3 is 2.42 bits per heavy atom. The fraction of sp³-hybridized carbons (Fsp3) is 0.611. The second-order valence-corrected chi connectivity index (χ2v) is 8.90. The number of carbonyl (C=O) groups is 1. The molecule has 1 atom stereocenters. The second-order valence-electron chi connectivity index (χ2n) is 6.88. The van der Waals surface area contributed by atoms with Crippen LogP contribution in [0.15, 0.2) is 18.2 Å². The SMILES string of the molecule is CCC(C)N(C)C(=O)c1cc(C(C)C)cc(N2CCCS2(=O)=O)c1. The molecular weight excluding hydrogens is 324 g/mol. The molecule has 1 unspecified atom stereocenters. The summed E-state index contributed by atoms with van der Waals surface area (Å²) in [6.45, 7) is 8.63. The zero-order valence-corrected chi connectivity index (χ0v) is 16.1. The van der Waals surface area contributed by atoms with E-state index in [4.69, 9.17) is 0 Å². The Labute approximate surface area is 145 Å². The maximum Gasteiger partial charge on any atom is 0.253 e. The van der Waals surface area contributed by atoms with Crippen LogP contribution >= 0.6 is 0 Å². The van der Waals surface area contributed by atoms with Gasteiger partial charge in [0, 0.05) is 25.2 Å². The highest BCUT2D eigenvalue weighted by Gasteiger charge is 2.29. The van der Waals surface area contributed by atoms with Gasteiger partial charge in [0.2, 0.25) is 10.0 Å². The molecular formula is C18H28N2O3S. The summed E-state index contributed by atoms with van der Waals surface area (Å²) in [7, 11) is -1.46. The highest BCUT2D eigenvalue weighted by atomic mass is 32.2. The van der Waals surface area contributed by atoms with E-state index in [1.165, 1.54) is 4.31 Å². The van der Waals surface area contributed by atoms with Crippen LogP contribution in [-0.4, -0.2) is 44.6 Å². The van der Waals surface area contributed by atoms with Gasteiger partial charge >= 0.3 is 0 Å². The van der Waals surface area contributed by atoms with Gasteiger partial charge in [0.1, 0.15) is 0 Å². The molecule has 1 fully saturated rings. The van der Waals surface area contributed by atoms with E-state index in [0.29, 0.717) is 24.2 Å². The third-order valence-electron chi connectivity index (χ3n) is 4.81. The number of carbonyl (C=O) groups excluding carboxylic acids is 1. The topological polar surface area (TPSA) is 57.7 Å². The molecule has 1 aromatic carbocycles. The molecule has 0 bridgehead atoms. The Hall–Kier alpha value is -1.56. The molecule has 1 aliphatic heterocycles. The summed E-state index contributed by atoms with van der Waals surface area (Å²) in [5, 5.41) is 0. The van der Waals surface area contributed by atoms with Crippen LogP contribution in [0.1, 0.15) is 62.4 Å². The van der Waals surface area contributed by atoms with Crippen LogP contribution in [0.3, 0.4) is 0 Å². The summed E-state index contributed by atoms with van der Waals surface area (Å²) in [6.07, 6.45) is 1.50. The lowest BCUT2D eigenvalue weighted by Gasteiger charge is -2.25. The van der Waals surface area contributed by atoms with Gasteiger partial charge in [-0.05, 0) is 49.4 Å². The van der Waals surface area contributed by atoms with E-state index in [1.807, 2.05) is 39.8 Å². The molecule has 0 aliphatic carbocycles. The van der Waals surface area contributed by atoms with Crippen LogP contribution < -0.4 is 4.31 Å². The van der Waals surface area contributed by atoms with Crippen LogP contribution in [-0.2, 0) is 10.0 Å². The third kappa shape index (κ3) is 3.74. The maximum absolute atomic E-state index is 12.8. The molecule has 0 spiro atoms. The lowest BCUT2D eigenvalue weighted by atomic mass is 9.99. The molecule has 6 heteroatoms. The Bertz CT molecular complexity index is 713. The number of sulfonamides is 1. The number of nitrogens with zero attached hydrogens (tertiary/aromatic N) is 2. The van der Waals surface area contributed by atoms with E-state index < -0.39 is 10.0 Å². The summed E-state index contributed by atoms with van der Waals surface area (Å²) < 4.78 is 25.9. The van der Waals surface area contributed by atoms with E-state index in [0.717, 1.165) is 12.0 Å². The first kappa shape index (κ1) is 18.8. The minimum absolute atomic E-state index is 0.0651. The van der Waals surface area contributed by atoms with Gasteiger partial charge in [0.15, 0.2) is 0 Å². The fourth-order valence-corrected chi connectivity index (χ4v) is 4.39. The molecule has 0 aromatic heterocycles. The third-order valence-corrected chi connectivity index (χ3v) is 6.68. The normalized spacial score (nSPS) is 18.0. The summed E-state index contributed by atoms with van der Waals surface area (Å²) in [5.74, 6) is 0.329. The van der Waals surface area contributed by atoms with Gasteiger partial charge < -0.3 is 4.90 Å². The predicted molar refractivity (Wildman–Crippen MR) is 98.1 cm³/mol. The molecule has 1 aromatic rings. The number of benzene rings is 1. The molecule has 134 valence electrons. The first-order chi connectivity index (χ1) is 11.2. The van der Waals surface area contributed by atoms with Crippen molar-refractivity contribution in [3.8, 4) is 0 Å². The van der Waals surface area contributed by atoms with Crippen molar-refractivity contribution >= 4 is 21.6 Å². The van der Waals surface area contributed by atoms with Gasteiger partial charge in [-0.3, -0.25) is 9.10 Å². The van der Waals surface area contributed by atoms with E-state index in [9.17, 15) is 13.2 Å². The lowest BCUT2D eigenvalue weighted by Crippen LogP contribution is -2.35. The molecule has 1 aliphatic rings. The van der Waals surface area contributed by atoms with E-state index >= 15 is 0 Å². The molecule has 1 amide bonds. The Morgan fingerprint density at radius 2 is 1.92 bits per heavy atom. The van der Waals surface area contributed by atoms with Gasteiger partial charge in [-0.1, -0.05) is 20.8 Å². The van der Waals surface area contributed by atoms with Crippen LogP contribution in [0.4, 0.5) is 5.69 Å². The van der Waals surface area contributed by atoms with Gasteiger partial charge in [-0.25, -0.2) is 8.42 Å². The lowest BCUT2D eigenvalue weighted by molar-refractivity contribution is 0.0740. The van der Waals surface area contributed by atoms with Crippen molar-refractivity contribution in [1.29, 1.82) is 0 Å².